The topological polar surface area (TPSA) is 30.2 Å². The summed E-state index contributed by atoms with van der Waals surface area (Å²) in [5.74, 6) is 0.833. The van der Waals surface area contributed by atoms with Gasteiger partial charge in [-0.3, -0.25) is 4.40 Å². The molecule has 0 saturated carbocycles. The molecule has 2 aromatic heterocycles. The van der Waals surface area contributed by atoms with Crippen molar-refractivity contribution in [2.45, 2.75) is 48.0 Å². The lowest BCUT2D eigenvalue weighted by molar-refractivity contribution is 0.403. The highest BCUT2D eigenvalue weighted by Crippen LogP contribution is 2.24. The Bertz CT molecular complexity index is 559. The average molecular weight is 231 g/mol. The minimum atomic E-state index is 0.262. The summed E-state index contributed by atoms with van der Waals surface area (Å²) in [6.45, 7) is 13.0. The Labute approximate surface area is 103 Å². The molecule has 0 aliphatic rings. The Kier molecular flexibility index (Phi) is 2.72. The molecule has 2 rings (SSSR count). The Hall–Kier alpha value is -1.38. The van der Waals surface area contributed by atoms with Crippen LogP contribution in [0.4, 0.5) is 0 Å². The first-order valence-electron chi connectivity index (χ1n) is 6.10. The van der Waals surface area contributed by atoms with Crippen LogP contribution in [0.5, 0.6) is 0 Å². The van der Waals surface area contributed by atoms with Gasteiger partial charge in [0, 0.05) is 17.1 Å². The van der Waals surface area contributed by atoms with Crippen molar-refractivity contribution in [1.82, 2.24) is 14.4 Å². The zero-order valence-corrected chi connectivity index (χ0v) is 11.6. The van der Waals surface area contributed by atoms with E-state index in [1.807, 2.05) is 6.92 Å². The molecule has 0 aliphatic heterocycles. The Balaban J connectivity index is 2.67. The average Bonchev–Trinajstić information content (AvgIpc) is 2.39. The maximum atomic E-state index is 4.57. The van der Waals surface area contributed by atoms with Crippen LogP contribution in [0, 0.1) is 26.2 Å². The molecule has 0 radical (unpaired) electrons. The third kappa shape index (κ3) is 2.33. The van der Waals surface area contributed by atoms with Crippen molar-refractivity contribution < 1.29 is 0 Å². The van der Waals surface area contributed by atoms with Crippen molar-refractivity contribution >= 4 is 5.78 Å². The monoisotopic (exact) mass is 231 g/mol. The van der Waals surface area contributed by atoms with E-state index in [0.29, 0.717) is 0 Å². The van der Waals surface area contributed by atoms with Gasteiger partial charge in [-0.2, -0.15) is 0 Å². The molecule has 0 aliphatic carbocycles. The molecule has 17 heavy (non-hydrogen) atoms. The molecule has 0 spiro atoms. The van der Waals surface area contributed by atoms with Crippen LogP contribution in [0.2, 0.25) is 0 Å². The van der Waals surface area contributed by atoms with E-state index in [9.17, 15) is 0 Å². The Morgan fingerprint density at radius 1 is 1.12 bits per heavy atom. The van der Waals surface area contributed by atoms with Crippen LogP contribution in [0.15, 0.2) is 6.07 Å². The maximum Gasteiger partial charge on any atom is 0.234 e. The molecule has 2 aromatic rings. The summed E-state index contributed by atoms with van der Waals surface area (Å²) in [6, 6.07) is 2.11. The number of aromatic nitrogens is 3. The highest BCUT2D eigenvalue weighted by atomic mass is 15.1. The lowest BCUT2D eigenvalue weighted by Gasteiger charge is -2.18. The molecule has 0 saturated heterocycles. The van der Waals surface area contributed by atoms with Crippen LogP contribution in [0.3, 0.4) is 0 Å². The van der Waals surface area contributed by atoms with Gasteiger partial charge in [-0.25, -0.2) is 9.97 Å². The van der Waals surface area contributed by atoms with Gasteiger partial charge in [-0.05, 0) is 38.7 Å². The first kappa shape index (κ1) is 12.1. The van der Waals surface area contributed by atoms with Crippen molar-refractivity contribution in [2.75, 3.05) is 0 Å². The zero-order chi connectivity index (χ0) is 12.8. The Morgan fingerprint density at radius 2 is 1.76 bits per heavy atom. The Morgan fingerprint density at radius 3 is 2.35 bits per heavy atom. The van der Waals surface area contributed by atoms with Crippen LogP contribution >= 0.6 is 0 Å². The predicted molar refractivity (Wildman–Crippen MR) is 70.4 cm³/mol. The number of hydrogen-bond acceptors (Lipinski definition) is 2. The molecular formula is C14H21N3. The second-order valence-corrected chi connectivity index (χ2v) is 6.06. The SMILES string of the molecule is Cc1cc(C)n2c(CC(C)(C)C)c(C)nc2n1. The number of nitrogens with zero attached hydrogens (tertiary/aromatic N) is 3. The van der Waals surface area contributed by atoms with E-state index in [2.05, 4.69) is 55.1 Å². The third-order valence-corrected chi connectivity index (χ3v) is 2.90. The van der Waals surface area contributed by atoms with Crippen molar-refractivity contribution in [3.05, 3.63) is 28.8 Å². The number of imidazole rings is 1. The summed E-state index contributed by atoms with van der Waals surface area (Å²) < 4.78 is 2.19. The van der Waals surface area contributed by atoms with Gasteiger partial charge in [0.15, 0.2) is 0 Å². The summed E-state index contributed by atoms with van der Waals surface area (Å²) in [5, 5.41) is 0. The number of hydrogen-bond donors (Lipinski definition) is 0. The summed E-state index contributed by atoms with van der Waals surface area (Å²) in [7, 11) is 0. The fourth-order valence-corrected chi connectivity index (χ4v) is 2.26. The van der Waals surface area contributed by atoms with Crippen molar-refractivity contribution in [3.63, 3.8) is 0 Å². The minimum Gasteiger partial charge on any atom is -0.285 e. The van der Waals surface area contributed by atoms with E-state index in [0.717, 1.165) is 23.6 Å². The van der Waals surface area contributed by atoms with Gasteiger partial charge in [-0.1, -0.05) is 20.8 Å². The molecule has 3 heteroatoms. The molecule has 0 atom stereocenters. The molecule has 0 bridgehead atoms. The summed E-state index contributed by atoms with van der Waals surface area (Å²) in [4.78, 5) is 9.07. The molecule has 2 heterocycles. The molecular weight excluding hydrogens is 210 g/mol. The third-order valence-electron chi connectivity index (χ3n) is 2.90. The minimum absolute atomic E-state index is 0.262. The van der Waals surface area contributed by atoms with Crippen LogP contribution < -0.4 is 0 Å². The normalized spacial score (nSPS) is 12.4. The fraction of sp³-hybridized carbons (Fsp3) is 0.571. The van der Waals surface area contributed by atoms with Gasteiger partial charge >= 0.3 is 0 Å². The van der Waals surface area contributed by atoms with Crippen LogP contribution in [0.25, 0.3) is 5.78 Å². The van der Waals surface area contributed by atoms with E-state index < -0.39 is 0 Å². The molecule has 0 amide bonds. The first-order chi connectivity index (χ1) is 7.78. The second kappa shape index (κ2) is 3.83. The quantitative estimate of drug-likeness (QED) is 0.754. The number of aryl methyl sites for hydroxylation is 3. The molecule has 0 N–H and O–H groups in total. The van der Waals surface area contributed by atoms with Gasteiger partial charge < -0.3 is 0 Å². The number of rotatable bonds is 1. The predicted octanol–water partition coefficient (Wildman–Crippen LogP) is 3.24. The van der Waals surface area contributed by atoms with Crippen molar-refractivity contribution in [3.8, 4) is 0 Å². The summed E-state index contributed by atoms with van der Waals surface area (Å²) in [5.41, 5.74) is 4.89. The second-order valence-electron chi connectivity index (χ2n) is 6.06. The smallest absolute Gasteiger partial charge is 0.234 e. The van der Waals surface area contributed by atoms with Gasteiger partial charge in [0.25, 0.3) is 0 Å². The van der Waals surface area contributed by atoms with E-state index in [1.165, 1.54) is 11.4 Å². The van der Waals surface area contributed by atoms with Crippen LogP contribution in [0.1, 0.15) is 43.5 Å². The largest absolute Gasteiger partial charge is 0.285 e. The van der Waals surface area contributed by atoms with Gasteiger partial charge in [0.05, 0.1) is 5.69 Å². The summed E-state index contributed by atoms with van der Waals surface area (Å²) in [6.07, 6.45) is 1.02. The highest BCUT2D eigenvalue weighted by Gasteiger charge is 2.18. The molecule has 3 nitrogen and oxygen atoms in total. The van der Waals surface area contributed by atoms with E-state index >= 15 is 0 Å². The lowest BCUT2D eigenvalue weighted by Crippen LogP contribution is -2.13. The molecule has 0 fully saturated rings. The maximum absolute atomic E-state index is 4.57. The molecule has 0 aromatic carbocycles. The fourth-order valence-electron chi connectivity index (χ4n) is 2.26. The van der Waals surface area contributed by atoms with Crippen molar-refractivity contribution in [2.24, 2.45) is 5.41 Å². The first-order valence-corrected chi connectivity index (χ1v) is 6.10. The molecule has 92 valence electrons. The van der Waals surface area contributed by atoms with E-state index in [-0.39, 0.29) is 5.41 Å². The zero-order valence-electron chi connectivity index (χ0n) is 11.6. The van der Waals surface area contributed by atoms with E-state index in [1.54, 1.807) is 0 Å². The van der Waals surface area contributed by atoms with Crippen LogP contribution in [-0.2, 0) is 6.42 Å². The van der Waals surface area contributed by atoms with Gasteiger partial charge in [0.1, 0.15) is 0 Å². The standard InChI is InChI=1S/C14H21N3/c1-9-7-10(2)17-12(8-14(4,5)6)11(3)16-13(17)15-9/h7H,8H2,1-6H3. The number of fused-ring (bicyclic) bond motifs is 1. The lowest BCUT2D eigenvalue weighted by atomic mass is 9.90. The summed E-state index contributed by atoms with van der Waals surface area (Å²) >= 11 is 0. The van der Waals surface area contributed by atoms with Crippen LogP contribution in [-0.4, -0.2) is 14.4 Å². The van der Waals surface area contributed by atoms with Crippen molar-refractivity contribution in [1.29, 1.82) is 0 Å². The van der Waals surface area contributed by atoms with Gasteiger partial charge in [0.2, 0.25) is 5.78 Å². The van der Waals surface area contributed by atoms with E-state index in [4.69, 9.17) is 0 Å². The highest BCUT2D eigenvalue weighted by molar-refractivity contribution is 5.39. The van der Waals surface area contributed by atoms with Gasteiger partial charge in [-0.15, -0.1) is 0 Å². The molecule has 0 unspecified atom stereocenters.